The summed E-state index contributed by atoms with van der Waals surface area (Å²) in [5, 5.41) is 16.0. The van der Waals surface area contributed by atoms with Gasteiger partial charge >= 0.3 is 6.01 Å². The lowest BCUT2D eigenvalue weighted by Gasteiger charge is -2.59. The Morgan fingerprint density at radius 3 is 2.48 bits per heavy atom. The van der Waals surface area contributed by atoms with Crippen LogP contribution in [-0.2, 0) is 0 Å². The molecule has 2 aliphatic carbocycles. The maximum absolute atomic E-state index is 17.5. The van der Waals surface area contributed by atoms with Crippen molar-refractivity contribution in [1.29, 1.82) is 0 Å². The van der Waals surface area contributed by atoms with Crippen LogP contribution in [0.1, 0.15) is 76.3 Å². The molecule has 50 heavy (non-hydrogen) atoms. The van der Waals surface area contributed by atoms with Crippen LogP contribution in [0.4, 0.5) is 14.6 Å². The van der Waals surface area contributed by atoms with Gasteiger partial charge in [-0.15, -0.1) is 6.42 Å². The minimum atomic E-state index is -0.572. The molecule has 5 fully saturated rings. The Kier molecular flexibility index (Phi) is 7.35. The summed E-state index contributed by atoms with van der Waals surface area (Å²) in [5.74, 6) is 2.70. The van der Waals surface area contributed by atoms with E-state index in [4.69, 9.17) is 21.1 Å². The average Bonchev–Trinajstić information content (AvgIpc) is 3.75. The number of aromatic hydroxyl groups is 1. The molecule has 2 saturated carbocycles. The number of phenols is 1. The first-order valence-corrected chi connectivity index (χ1v) is 18.4. The van der Waals surface area contributed by atoms with E-state index in [0.29, 0.717) is 57.2 Å². The van der Waals surface area contributed by atoms with Gasteiger partial charge in [-0.1, -0.05) is 32.8 Å². The van der Waals surface area contributed by atoms with E-state index in [9.17, 15) is 5.11 Å². The van der Waals surface area contributed by atoms with Crippen molar-refractivity contribution >= 4 is 27.5 Å². The van der Waals surface area contributed by atoms with Crippen LogP contribution in [0.25, 0.3) is 32.8 Å². The summed E-state index contributed by atoms with van der Waals surface area (Å²) in [5.41, 5.74) is 2.10. The molecule has 1 aromatic heterocycles. The molecule has 0 amide bonds. The van der Waals surface area contributed by atoms with Crippen LogP contribution in [0.3, 0.4) is 0 Å². The lowest BCUT2D eigenvalue weighted by atomic mass is 9.58. The van der Waals surface area contributed by atoms with E-state index in [2.05, 4.69) is 28.0 Å². The summed E-state index contributed by atoms with van der Waals surface area (Å²) in [6, 6.07) is 8.71. The highest BCUT2D eigenvalue weighted by Crippen LogP contribution is 2.55. The number of fused-ring (bicyclic) bond motifs is 4. The summed E-state index contributed by atoms with van der Waals surface area (Å²) in [6.45, 7) is 11.8. The van der Waals surface area contributed by atoms with Crippen molar-refractivity contribution in [3.63, 3.8) is 0 Å². The second kappa shape index (κ2) is 11.5. The second-order valence-corrected chi connectivity index (χ2v) is 16.7. The number of nitrogens with zero attached hydrogens (tertiary/aromatic N) is 4. The Morgan fingerprint density at radius 1 is 1.08 bits per heavy atom. The minimum absolute atomic E-state index is 0.0325. The molecule has 5 aliphatic rings. The van der Waals surface area contributed by atoms with Crippen molar-refractivity contribution < 1.29 is 18.6 Å². The molecule has 1 spiro atoms. The molecule has 3 saturated heterocycles. The van der Waals surface area contributed by atoms with Gasteiger partial charge in [-0.05, 0) is 96.6 Å². The highest BCUT2D eigenvalue weighted by molar-refractivity contribution is 6.05. The van der Waals surface area contributed by atoms with Gasteiger partial charge in [0.05, 0.1) is 12.2 Å². The van der Waals surface area contributed by atoms with Crippen LogP contribution in [0, 0.1) is 40.7 Å². The zero-order valence-corrected chi connectivity index (χ0v) is 29.2. The number of hydrogen-bond acceptors (Lipinski definition) is 7. The molecular formula is C41H45F2N5O2. The van der Waals surface area contributed by atoms with Gasteiger partial charge in [0.25, 0.3) is 0 Å². The molecule has 2 N–H and O–H groups in total. The van der Waals surface area contributed by atoms with Crippen molar-refractivity contribution in [2.75, 3.05) is 44.2 Å². The molecule has 260 valence electrons. The van der Waals surface area contributed by atoms with Crippen molar-refractivity contribution in [2.45, 2.75) is 77.3 Å². The number of halogens is 2. The van der Waals surface area contributed by atoms with Gasteiger partial charge < -0.3 is 25.0 Å². The predicted molar refractivity (Wildman–Crippen MR) is 193 cm³/mol. The third kappa shape index (κ3) is 5.29. The summed E-state index contributed by atoms with van der Waals surface area (Å²) in [6.07, 6.45) is 12.9. The van der Waals surface area contributed by atoms with Crippen LogP contribution in [0.15, 0.2) is 30.3 Å². The molecule has 7 nitrogen and oxygen atoms in total. The Balaban J connectivity index is 1.15. The number of piperazine rings is 1. The van der Waals surface area contributed by atoms with Crippen LogP contribution >= 0.6 is 0 Å². The molecule has 0 radical (unpaired) electrons. The zero-order chi connectivity index (χ0) is 34.5. The summed E-state index contributed by atoms with van der Waals surface area (Å²) in [4.78, 5) is 14.7. The SMILES string of the molecule is C#Cc1c(F)ccc2cc(O)cc(-c3c(C(C)C)cc4c(N5CC6CCC(C5)N6)nc(OCC5(CN6CC7(CC(C)C7)C6)CC5)nc4c3F)c12. The molecule has 3 aromatic carbocycles. The van der Waals surface area contributed by atoms with E-state index in [1.807, 2.05) is 19.9 Å². The lowest BCUT2D eigenvalue weighted by Crippen LogP contribution is -2.62. The summed E-state index contributed by atoms with van der Waals surface area (Å²) < 4.78 is 39.1. The van der Waals surface area contributed by atoms with Gasteiger partial charge in [0.15, 0.2) is 5.82 Å². The fourth-order valence-electron chi connectivity index (χ4n) is 9.89. The lowest BCUT2D eigenvalue weighted by molar-refractivity contribution is -0.0982. The number of aromatic nitrogens is 2. The molecule has 9 rings (SSSR count). The second-order valence-electron chi connectivity index (χ2n) is 16.7. The molecule has 2 atom stereocenters. The first kappa shape index (κ1) is 31.9. The smallest absolute Gasteiger partial charge is 0.319 e. The first-order chi connectivity index (χ1) is 24.0. The van der Waals surface area contributed by atoms with Gasteiger partial charge in [0.1, 0.15) is 22.9 Å². The van der Waals surface area contributed by atoms with Gasteiger partial charge in [-0.3, -0.25) is 0 Å². The number of terminal acetylenes is 1. The number of ether oxygens (including phenoxy) is 1. The van der Waals surface area contributed by atoms with E-state index >= 15 is 8.78 Å². The summed E-state index contributed by atoms with van der Waals surface area (Å²) in [7, 11) is 0. The minimum Gasteiger partial charge on any atom is -0.508 e. The van der Waals surface area contributed by atoms with Crippen LogP contribution in [-0.4, -0.2) is 71.4 Å². The Labute approximate surface area is 292 Å². The Morgan fingerprint density at radius 2 is 1.82 bits per heavy atom. The van der Waals surface area contributed by atoms with Crippen LogP contribution in [0.2, 0.25) is 0 Å². The summed E-state index contributed by atoms with van der Waals surface area (Å²) >= 11 is 0. The number of likely N-dealkylation sites (tertiary alicyclic amines) is 1. The van der Waals surface area contributed by atoms with Gasteiger partial charge in [0, 0.05) is 66.6 Å². The molecule has 9 heteroatoms. The van der Waals surface area contributed by atoms with Crippen molar-refractivity contribution in [3.05, 3.63) is 53.1 Å². The van der Waals surface area contributed by atoms with E-state index in [1.54, 1.807) is 6.07 Å². The number of nitrogens with one attached hydrogen (secondary N) is 1. The van der Waals surface area contributed by atoms with Gasteiger partial charge in [0.2, 0.25) is 0 Å². The third-order valence-electron chi connectivity index (χ3n) is 12.2. The molecule has 2 bridgehead atoms. The Bertz CT molecular complexity index is 2060. The molecule has 4 heterocycles. The number of benzene rings is 3. The van der Waals surface area contributed by atoms with Gasteiger partial charge in [-0.2, -0.15) is 9.97 Å². The van der Waals surface area contributed by atoms with E-state index in [1.165, 1.54) is 44.1 Å². The van der Waals surface area contributed by atoms with E-state index in [-0.39, 0.29) is 39.7 Å². The van der Waals surface area contributed by atoms with E-state index < -0.39 is 11.6 Å². The highest BCUT2D eigenvalue weighted by atomic mass is 19.1. The number of anilines is 1. The molecule has 2 unspecified atom stereocenters. The topological polar surface area (TPSA) is 73.8 Å². The van der Waals surface area contributed by atoms with Crippen LogP contribution in [0.5, 0.6) is 11.8 Å². The largest absolute Gasteiger partial charge is 0.508 e. The standard InChI is InChI=1S/C41H45F2N5O2/c1-5-29-33(42)9-6-25-12-28(49)13-31(34(25)29)35-30(23(2)3)14-32-37(36(35)43)45-39(46-38(32)48-17-26-7-8-27(18-48)44-26)50-22-40(10-11-40)19-47-20-41(21-47)15-24(4)16-41/h1,6,9,12-14,23-24,26-27,44,49H,7-8,10-11,15-22H2,2-4H3. The normalized spacial score (nSPS) is 23.7. The van der Waals surface area contributed by atoms with Crippen molar-refractivity contribution in [1.82, 2.24) is 20.2 Å². The maximum Gasteiger partial charge on any atom is 0.319 e. The quantitative estimate of drug-likeness (QED) is 0.189. The first-order valence-electron chi connectivity index (χ1n) is 18.4. The average molecular weight is 678 g/mol. The van der Waals surface area contributed by atoms with Crippen molar-refractivity contribution in [3.8, 4) is 35.2 Å². The molecular weight excluding hydrogens is 632 g/mol. The monoisotopic (exact) mass is 677 g/mol. The fraction of sp³-hybridized carbons (Fsp3) is 0.512. The number of rotatable bonds is 8. The van der Waals surface area contributed by atoms with Crippen molar-refractivity contribution in [2.24, 2.45) is 16.7 Å². The predicted octanol–water partition coefficient (Wildman–Crippen LogP) is 7.37. The molecule has 3 aliphatic heterocycles. The fourth-order valence-corrected chi connectivity index (χ4v) is 9.89. The van der Waals surface area contributed by atoms with Crippen LogP contribution < -0.4 is 15.0 Å². The van der Waals surface area contributed by atoms with E-state index in [0.717, 1.165) is 51.2 Å². The highest BCUT2D eigenvalue weighted by Gasteiger charge is 2.54. The zero-order valence-electron chi connectivity index (χ0n) is 29.2. The number of hydrogen-bond donors (Lipinski definition) is 2. The molecule has 4 aromatic rings. The third-order valence-corrected chi connectivity index (χ3v) is 12.2. The maximum atomic E-state index is 17.5. The number of phenolic OH excluding ortho intramolecular Hbond substituents is 1. The van der Waals surface area contributed by atoms with Gasteiger partial charge in [-0.25, -0.2) is 8.78 Å². The Hall–Kier alpha value is -4.00.